The highest BCUT2D eigenvalue weighted by Crippen LogP contribution is 2.33. The van der Waals surface area contributed by atoms with Gasteiger partial charge in [-0.1, -0.05) is 12.1 Å². The molecule has 0 atom stereocenters. The van der Waals surface area contributed by atoms with Crippen LogP contribution in [0.5, 0.6) is 0 Å². The van der Waals surface area contributed by atoms with Crippen LogP contribution in [-0.2, 0) is 6.42 Å². The molecule has 4 rings (SSSR count). The number of nitriles is 1. The van der Waals surface area contributed by atoms with Crippen LogP contribution in [0.2, 0.25) is 0 Å². The number of halogens is 2. The van der Waals surface area contributed by atoms with E-state index in [1.807, 2.05) is 35.6 Å². The van der Waals surface area contributed by atoms with Crippen LogP contribution in [0.25, 0.3) is 16.7 Å². The molecule has 2 heterocycles. The van der Waals surface area contributed by atoms with Gasteiger partial charge in [0.15, 0.2) is 5.65 Å². The maximum absolute atomic E-state index is 13.3. The predicted molar refractivity (Wildman–Crippen MR) is 106 cm³/mol. The van der Waals surface area contributed by atoms with Crippen molar-refractivity contribution in [3.63, 3.8) is 0 Å². The first-order valence-electron chi connectivity index (χ1n) is 8.55. The predicted octanol–water partition coefficient (Wildman–Crippen LogP) is 5.33. The van der Waals surface area contributed by atoms with Gasteiger partial charge in [0.1, 0.15) is 17.7 Å². The maximum atomic E-state index is 13.3. The molecule has 4 nitrogen and oxygen atoms in total. The molecule has 0 aliphatic rings. The van der Waals surface area contributed by atoms with Gasteiger partial charge in [-0.3, -0.25) is 4.40 Å². The Bertz CT molecular complexity index is 1190. The number of benzene rings is 2. The molecule has 0 fully saturated rings. The lowest BCUT2D eigenvalue weighted by Gasteiger charge is -2.18. The van der Waals surface area contributed by atoms with Crippen molar-refractivity contribution in [2.45, 2.75) is 13.3 Å². The third-order valence-electron chi connectivity index (χ3n) is 4.68. The number of nitrogens with one attached hydrogen (secondary N) is 1. The van der Waals surface area contributed by atoms with Crippen LogP contribution in [0.4, 0.5) is 15.9 Å². The first kappa shape index (κ1) is 17.3. The normalized spacial score (nSPS) is 11.0. The average molecular weight is 379 g/mol. The smallest absolute Gasteiger partial charge is 0.157 e. The van der Waals surface area contributed by atoms with Crippen molar-refractivity contribution in [1.82, 2.24) is 9.38 Å². The number of imidazole rings is 1. The topological polar surface area (TPSA) is 53.1 Å². The molecule has 134 valence electrons. The molecule has 0 saturated carbocycles. The highest BCUT2D eigenvalue weighted by molar-refractivity contribution is 6.18. The summed E-state index contributed by atoms with van der Waals surface area (Å²) in [5.41, 5.74) is 5.38. The summed E-state index contributed by atoms with van der Waals surface area (Å²) < 4.78 is 15.3. The second-order valence-electron chi connectivity index (χ2n) is 6.27. The molecule has 0 unspecified atom stereocenters. The van der Waals surface area contributed by atoms with Gasteiger partial charge in [-0.15, -0.1) is 11.6 Å². The van der Waals surface area contributed by atoms with E-state index in [4.69, 9.17) is 11.6 Å². The number of pyridine rings is 1. The fourth-order valence-electron chi connectivity index (χ4n) is 3.39. The Morgan fingerprint density at radius 3 is 2.63 bits per heavy atom. The molecule has 0 bridgehead atoms. The van der Waals surface area contributed by atoms with Crippen LogP contribution in [0, 0.1) is 24.1 Å². The number of aromatic nitrogens is 2. The molecular formula is C21H16ClFN4. The van der Waals surface area contributed by atoms with E-state index in [1.54, 1.807) is 12.1 Å². The van der Waals surface area contributed by atoms with Gasteiger partial charge in [-0.05, 0) is 60.9 Å². The minimum Gasteiger partial charge on any atom is -0.341 e. The molecule has 0 spiro atoms. The zero-order valence-electron chi connectivity index (χ0n) is 14.6. The maximum Gasteiger partial charge on any atom is 0.157 e. The van der Waals surface area contributed by atoms with Gasteiger partial charge >= 0.3 is 0 Å². The van der Waals surface area contributed by atoms with Gasteiger partial charge in [-0.2, -0.15) is 5.26 Å². The summed E-state index contributed by atoms with van der Waals surface area (Å²) in [6, 6.07) is 16.2. The second kappa shape index (κ2) is 6.90. The summed E-state index contributed by atoms with van der Waals surface area (Å²) in [6.45, 7) is 1.91. The highest BCUT2D eigenvalue weighted by atomic mass is 35.5. The summed E-state index contributed by atoms with van der Waals surface area (Å²) >= 11 is 6.06. The Labute approximate surface area is 160 Å². The number of anilines is 2. The molecule has 4 aromatic rings. The lowest BCUT2D eigenvalue weighted by molar-refractivity contribution is 0.628. The van der Waals surface area contributed by atoms with Crippen LogP contribution in [0.1, 0.15) is 16.7 Å². The molecule has 0 saturated heterocycles. The lowest BCUT2D eigenvalue weighted by Crippen LogP contribution is -2.09. The molecule has 0 aliphatic heterocycles. The average Bonchev–Trinajstić information content (AvgIpc) is 3.05. The van der Waals surface area contributed by atoms with Crippen molar-refractivity contribution >= 4 is 39.8 Å². The quantitative estimate of drug-likeness (QED) is 0.488. The molecule has 0 amide bonds. The number of para-hydroxylation sites is 2. The van der Waals surface area contributed by atoms with Crippen molar-refractivity contribution in [3.8, 4) is 6.07 Å². The second-order valence-corrected chi connectivity index (χ2v) is 6.65. The molecule has 1 N–H and O–H groups in total. The molecule has 27 heavy (non-hydrogen) atoms. The van der Waals surface area contributed by atoms with E-state index in [2.05, 4.69) is 16.4 Å². The summed E-state index contributed by atoms with van der Waals surface area (Å²) in [7, 11) is 0. The van der Waals surface area contributed by atoms with E-state index in [0.29, 0.717) is 23.5 Å². The highest BCUT2D eigenvalue weighted by Gasteiger charge is 2.20. The van der Waals surface area contributed by atoms with E-state index in [9.17, 15) is 9.65 Å². The Hall–Kier alpha value is -3.10. The summed E-state index contributed by atoms with van der Waals surface area (Å²) in [5.74, 6) is 0.917. The van der Waals surface area contributed by atoms with E-state index in [1.165, 1.54) is 12.1 Å². The molecule has 0 radical (unpaired) electrons. The lowest BCUT2D eigenvalue weighted by atomic mass is 10.0. The fraction of sp³-hybridized carbons (Fsp3) is 0.143. The van der Waals surface area contributed by atoms with Crippen LogP contribution in [0.3, 0.4) is 0 Å². The van der Waals surface area contributed by atoms with Gasteiger partial charge in [0, 0.05) is 11.6 Å². The van der Waals surface area contributed by atoms with Crippen LogP contribution in [0.15, 0.2) is 48.5 Å². The van der Waals surface area contributed by atoms with E-state index in [-0.39, 0.29) is 5.82 Å². The van der Waals surface area contributed by atoms with E-state index < -0.39 is 0 Å². The Morgan fingerprint density at radius 2 is 1.93 bits per heavy atom. The summed E-state index contributed by atoms with van der Waals surface area (Å²) in [5, 5.41) is 13.1. The van der Waals surface area contributed by atoms with Crippen LogP contribution >= 0.6 is 11.6 Å². The van der Waals surface area contributed by atoms with Crippen molar-refractivity contribution in [2.75, 3.05) is 11.2 Å². The standard InChI is InChI=1S/C21H16ClFN4/c1-13-16(10-11-22)20(25-15-8-6-14(23)7-9-15)27-19-5-3-2-4-18(19)26-21(27)17(13)12-24/h2-9,25H,10-11H2,1H3. The fourth-order valence-corrected chi connectivity index (χ4v) is 3.58. The minimum atomic E-state index is -0.296. The Morgan fingerprint density at radius 1 is 1.19 bits per heavy atom. The monoisotopic (exact) mass is 378 g/mol. The van der Waals surface area contributed by atoms with Gasteiger partial charge in [0.2, 0.25) is 0 Å². The number of nitrogens with zero attached hydrogens (tertiary/aromatic N) is 3. The molecule has 6 heteroatoms. The Balaban J connectivity index is 2.08. The van der Waals surface area contributed by atoms with Crippen LogP contribution in [-0.4, -0.2) is 15.3 Å². The van der Waals surface area contributed by atoms with Gasteiger partial charge < -0.3 is 5.32 Å². The Kier molecular flexibility index (Phi) is 4.43. The van der Waals surface area contributed by atoms with Gasteiger partial charge in [-0.25, -0.2) is 9.37 Å². The van der Waals surface area contributed by atoms with Crippen LogP contribution < -0.4 is 5.32 Å². The third-order valence-corrected chi connectivity index (χ3v) is 4.87. The zero-order chi connectivity index (χ0) is 19.0. The van der Waals surface area contributed by atoms with Crippen molar-refractivity contribution in [2.24, 2.45) is 0 Å². The number of fused-ring (bicyclic) bond motifs is 3. The molecule has 2 aromatic heterocycles. The largest absolute Gasteiger partial charge is 0.341 e. The molecule has 2 aromatic carbocycles. The minimum absolute atomic E-state index is 0.296. The van der Waals surface area contributed by atoms with Crippen molar-refractivity contribution < 1.29 is 4.39 Å². The molecular weight excluding hydrogens is 363 g/mol. The number of alkyl halides is 1. The van der Waals surface area contributed by atoms with Gasteiger partial charge in [0.05, 0.1) is 16.6 Å². The van der Waals surface area contributed by atoms with Gasteiger partial charge in [0.25, 0.3) is 0 Å². The number of rotatable bonds is 4. The molecule has 0 aliphatic carbocycles. The summed E-state index contributed by atoms with van der Waals surface area (Å²) in [4.78, 5) is 4.67. The number of hydrogen-bond donors (Lipinski definition) is 1. The number of hydrogen-bond acceptors (Lipinski definition) is 3. The van der Waals surface area contributed by atoms with Crippen molar-refractivity contribution in [3.05, 3.63) is 71.0 Å². The first-order chi connectivity index (χ1) is 13.1. The summed E-state index contributed by atoms with van der Waals surface area (Å²) in [6.07, 6.45) is 0.591. The third kappa shape index (κ3) is 2.88. The van der Waals surface area contributed by atoms with E-state index in [0.717, 1.165) is 33.7 Å². The SMILES string of the molecule is Cc1c(CCCl)c(Nc2ccc(F)cc2)n2c(nc3ccccc32)c1C#N. The zero-order valence-corrected chi connectivity index (χ0v) is 15.4. The first-order valence-corrected chi connectivity index (χ1v) is 9.08. The van der Waals surface area contributed by atoms with E-state index >= 15 is 0 Å². The van der Waals surface area contributed by atoms with Crippen molar-refractivity contribution in [1.29, 1.82) is 5.26 Å².